The summed E-state index contributed by atoms with van der Waals surface area (Å²) in [5.41, 5.74) is 7.88. The maximum atomic E-state index is 12.7. The predicted octanol–water partition coefficient (Wildman–Crippen LogP) is 2.36. The first-order valence-corrected chi connectivity index (χ1v) is 12.1. The van der Waals surface area contributed by atoms with Gasteiger partial charge in [-0.1, -0.05) is 25.1 Å². The number of nitrogen functional groups attached to an aromatic ring is 1. The molecule has 174 valence electrons. The number of hydrogen-bond acceptors (Lipinski definition) is 9. The summed E-state index contributed by atoms with van der Waals surface area (Å²) in [6.45, 7) is 3.61. The predicted molar refractivity (Wildman–Crippen MR) is 124 cm³/mol. The number of aromatic nitrogens is 3. The molecule has 1 aromatic heterocycles. The number of benzene rings is 2. The van der Waals surface area contributed by atoms with Gasteiger partial charge in [-0.05, 0) is 42.3 Å². The first kappa shape index (κ1) is 22.9. The topological polar surface area (TPSA) is 133 Å². The Morgan fingerprint density at radius 2 is 1.79 bits per heavy atom. The lowest BCUT2D eigenvalue weighted by atomic mass is 10.1. The summed E-state index contributed by atoms with van der Waals surface area (Å²) in [5, 5.41) is 3.18. The van der Waals surface area contributed by atoms with Gasteiger partial charge < -0.3 is 20.5 Å². The van der Waals surface area contributed by atoms with Gasteiger partial charge in [-0.3, -0.25) is 0 Å². The summed E-state index contributed by atoms with van der Waals surface area (Å²) < 4.78 is 37.9. The van der Waals surface area contributed by atoms with Gasteiger partial charge in [0.2, 0.25) is 21.9 Å². The molecular weight excluding hydrogens is 444 g/mol. The van der Waals surface area contributed by atoms with Crippen LogP contribution in [0.15, 0.2) is 53.4 Å². The van der Waals surface area contributed by atoms with Gasteiger partial charge in [-0.2, -0.15) is 19.3 Å². The first-order valence-electron chi connectivity index (χ1n) is 10.6. The van der Waals surface area contributed by atoms with Crippen LogP contribution in [-0.4, -0.2) is 54.0 Å². The summed E-state index contributed by atoms with van der Waals surface area (Å²) >= 11 is 0. The fourth-order valence-corrected chi connectivity index (χ4v) is 4.83. The average molecular weight is 471 g/mol. The number of morpholine rings is 1. The van der Waals surface area contributed by atoms with Gasteiger partial charge in [-0.15, -0.1) is 0 Å². The number of aryl methyl sites for hydroxylation is 1. The second kappa shape index (κ2) is 10.1. The smallest absolute Gasteiger partial charge is 0.243 e. The number of nitrogens with zero attached hydrogens (tertiary/aromatic N) is 4. The fourth-order valence-electron chi connectivity index (χ4n) is 3.42. The molecule has 3 aromatic rings. The molecule has 10 nitrogen and oxygen atoms in total. The van der Waals surface area contributed by atoms with Crippen molar-refractivity contribution in [2.75, 3.05) is 37.4 Å². The van der Waals surface area contributed by atoms with E-state index in [1.54, 1.807) is 12.1 Å². The molecule has 0 saturated carbocycles. The molecule has 0 unspecified atom stereocenters. The maximum Gasteiger partial charge on any atom is 0.243 e. The van der Waals surface area contributed by atoms with Crippen LogP contribution >= 0.6 is 0 Å². The minimum atomic E-state index is -3.55. The molecule has 0 amide bonds. The number of nitrogens with one attached hydrogen (secondary N) is 1. The number of anilines is 3. The van der Waals surface area contributed by atoms with Crippen LogP contribution in [-0.2, 0) is 27.8 Å². The fraction of sp³-hybridized carbons (Fsp3) is 0.318. The van der Waals surface area contributed by atoms with E-state index in [0.717, 1.165) is 17.7 Å². The lowest BCUT2D eigenvalue weighted by molar-refractivity contribution is 0.0730. The number of rotatable bonds is 8. The average Bonchev–Trinajstić information content (AvgIpc) is 2.83. The normalized spacial score (nSPS) is 14.7. The Morgan fingerprint density at radius 1 is 1.06 bits per heavy atom. The molecule has 3 N–H and O–H groups in total. The Balaban J connectivity index is 1.43. The van der Waals surface area contributed by atoms with Gasteiger partial charge in [-0.25, -0.2) is 8.42 Å². The molecular formula is C22H26N6O4S. The highest BCUT2D eigenvalue weighted by molar-refractivity contribution is 7.89. The van der Waals surface area contributed by atoms with E-state index in [9.17, 15) is 8.42 Å². The van der Waals surface area contributed by atoms with Crippen molar-refractivity contribution in [3.8, 4) is 5.75 Å². The van der Waals surface area contributed by atoms with Crippen molar-refractivity contribution in [3.63, 3.8) is 0 Å². The van der Waals surface area contributed by atoms with E-state index >= 15 is 0 Å². The largest absolute Gasteiger partial charge is 0.486 e. The molecule has 2 aromatic carbocycles. The molecule has 33 heavy (non-hydrogen) atoms. The Kier molecular flexibility index (Phi) is 7.02. The third kappa shape index (κ3) is 5.56. The first-order chi connectivity index (χ1) is 16.0. The zero-order valence-electron chi connectivity index (χ0n) is 18.3. The summed E-state index contributed by atoms with van der Waals surface area (Å²) in [4.78, 5) is 12.9. The van der Waals surface area contributed by atoms with E-state index in [2.05, 4.69) is 27.2 Å². The highest BCUT2D eigenvalue weighted by Gasteiger charge is 2.26. The summed E-state index contributed by atoms with van der Waals surface area (Å²) in [6, 6.07) is 14.1. The Labute approximate surface area is 192 Å². The van der Waals surface area contributed by atoms with E-state index in [1.165, 1.54) is 16.4 Å². The van der Waals surface area contributed by atoms with Crippen LogP contribution in [0.2, 0.25) is 0 Å². The van der Waals surface area contributed by atoms with Gasteiger partial charge >= 0.3 is 0 Å². The summed E-state index contributed by atoms with van der Waals surface area (Å²) in [6.07, 6.45) is 0.858. The van der Waals surface area contributed by atoms with Gasteiger partial charge in [0.25, 0.3) is 0 Å². The van der Waals surface area contributed by atoms with Crippen molar-refractivity contribution in [3.05, 3.63) is 59.9 Å². The second-order valence-corrected chi connectivity index (χ2v) is 9.28. The second-order valence-electron chi connectivity index (χ2n) is 7.35. The van der Waals surface area contributed by atoms with Gasteiger partial charge in [0.1, 0.15) is 12.4 Å². The van der Waals surface area contributed by atoms with Crippen molar-refractivity contribution >= 4 is 27.6 Å². The molecule has 1 fully saturated rings. The van der Waals surface area contributed by atoms with Gasteiger partial charge in [0.15, 0.2) is 5.82 Å². The van der Waals surface area contributed by atoms with Crippen LogP contribution in [0.1, 0.15) is 18.3 Å². The maximum absolute atomic E-state index is 12.7. The SMILES string of the molecule is CCc1ccccc1Nc1nc(N)nc(COc2ccc(S(=O)(=O)N3CCOCC3)cc2)n1. The minimum Gasteiger partial charge on any atom is -0.486 e. The lowest BCUT2D eigenvalue weighted by Gasteiger charge is -2.26. The van der Waals surface area contributed by atoms with Crippen LogP contribution in [0.5, 0.6) is 5.75 Å². The standard InChI is InChI=1S/C22H26N6O4S/c1-2-16-5-3-4-6-19(16)24-22-26-20(25-21(23)27-22)15-32-17-7-9-18(10-8-17)33(29,30)28-11-13-31-14-12-28/h3-10H,2,11-15H2,1H3,(H3,23,24,25,26,27). The van der Waals surface area contributed by atoms with Crippen molar-refractivity contribution in [2.45, 2.75) is 24.8 Å². The summed E-state index contributed by atoms with van der Waals surface area (Å²) in [7, 11) is -3.55. The monoisotopic (exact) mass is 470 g/mol. The van der Waals surface area contributed by atoms with Crippen LogP contribution in [0.4, 0.5) is 17.6 Å². The molecule has 0 spiro atoms. The third-order valence-corrected chi connectivity index (χ3v) is 7.06. The zero-order chi connectivity index (χ0) is 23.3. The molecule has 4 rings (SSSR count). The molecule has 1 aliphatic heterocycles. The number of sulfonamides is 1. The van der Waals surface area contributed by atoms with Crippen LogP contribution in [0, 0.1) is 0 Å². The number of nitrogens with two attached hydrogens (primary N) is 1. The number of para-hydroxylation sites is 1. The zero-order valence-corrected chi connectivity index (χ0v) is 19.1. The van der Waals surface area contributed by atoms with Crippen molar-refractivity contribution in [1.82, 2.24) is 19.3 Å². The Morgan fingerprint density at radius 3 is 2.52 bits per heavy atom. The lowest BCUT2D eigenvalue weighted by Crippen LogP contribution is -2.40. The van der Waals surface area contributed by atoms with Crippen LogP contribution < -0.4 is 15.8 Å². The van der Waals surface area contributed by atoms with Crippen molar-refractivity contribution in [2.24, 2.45) is 0 Å². The Bertz CT molecular complexity index is 1200. The molecule has 2 heterocycles. The minimum absolute atomic E-state index is 0.0480. The van der Waals surface area contributed by atoms with Crippen LogP contribution in [0.3, 0.4) is 0 Å². The molecule has 0 radical (unpaired) electrons. The van der Waals surface area contributed by atoms with E-state index in [1.807, 2.05) is 24.3 Å². The van der Waals surface area contributed by atoms with Gasteiger partial charge in [0.05, 0.1) is 18.1 Å². The van der Waals surface area contributed by atoms with E-state index < -0.39 is 10.0 Å². The van der Waals surface area contributed by atoms with Crippen molar-refractivity contribution < 1.29 is 17.9 Å². The quantitative estimate of drug-likeness (QED) is 0.509. The highest BCUT2D eigenvalue weighted by Crippen LogP contribution is 2.22. The van der Waals surface area contributed by atoms with E-state index in [-0.39, 0.29) is 17.5 Å². The molecule has 1 aliphatic rings. The third-order valence-electron chi connectivity index (χ3n) is 5.14. The number of ether oxygens (including phenoxy) is 2. The van der Waals surface area contributed by atoms with E-state index in [0.29, 0.717) is 43.8 Å². The van der Waals surface area contributed by atoms with E-state index in [4.69, 9.17) is 15.2 Å². The molecule has 0 atom stereocenters. The Hall–Kier alpha value is -3.28. The summed E-state index contributed by atoms with van der Waals surface area (Å²) in [5.74, 6) is 1.24. The molecule has 1 saturated heterocycles. The highest BCUT2D eigenvalue weighted by atomic mass is 32.2. The molecule has 0 aliphatic carbocycles. The molecule has 11 heteroatoms. The number of hydrogen-bond donors (Lipinski definition) is 2. The van der Waals surface area contributed by atoms with Gasteiger partial charge in [0, 0.05) is 18.8 Å². The molecule has 0 bridgehead atoms. The van der Waals surface area contributed by atoms with Crippen LogP contribution in [0.25, 0.3) is 0 Å². The van der Waals surface area contributed by atoms with Crippen molar-refractivity contribution in [1.29, 1.82) is 0 Å².